The third-order valence-corrected chi connectivity index (χ3v) is 5.55. The van der Waals surface area contributed by atoms with E-state index in [1.807, 2.05) is 36.4 Å². The average Bonchev–Trinajstić information content (AvgIpc) is 2.79. The second-order valence-corrected chi connectivity index (χ2v) is 7.91. The van der Waals surface area contributed by atoms with Crippen LogP contribution in [0.15, 0.2) is 84.9 Å². The summed E-state index contributed by atoms with van der Waals surface area (Å²) in [7, 11) is 1.71. The number of nitrogens with one attached hydrogen (secondary N) is 1. The van der Waals surface area contributed by atoms with Gasteiger partial charge < -0.3 is 10.1 Å². The van der Waals surface area contributed by atoms with Crippen molar-refractivity contribution in [3.63, 3.8) is 0 Å². The summed E-state index contributed by atoms with van der Waals surface area (Å²) in [6.45, 7) is 6.43. The number of aryl methyl sites for hydroxylation is 3. The number of nitrogens with zero attached hydrogens (tertiary/aromatic N) is 1. The van der Waals surface area contributed by atoms with Gasteiger partial charge in [-0.25, -0.2) is 0 Å². The predicted octanol–water partition coefficient (Wildman–Crippen LogP) is 6.88. The predicted molar refractivity (Wildman–Crippen MR) is 129 cm³/mol. The molecule has 3 nitrogen and oxygen atoms in total. The van der Waals surface area contributed by atoms with Gasteiger partial charge >= 0.3 is 0 Å². The first-order valence-corrected chi connectivity index (χ1v) is 10.6. The van der Waals surface area contributed by atoms with E-state index < -0.39 is 0 Å². The highest BCUT2D eigenvalue weighted by atomic mass is 16.5. The molecule has 0 bridgehead atoms. The highest BCUT2D eigenvalue weighted by Crippen LogP contribution is 2.35. The van der Waals surface area contributed by atoms with Crippen molar-refractivity contribution in [2.45, 2.75) is 26.8 Å². The van der Waals surface area contributed by atoms with Gasteiger partial charge in [-0.2, -0.15) is 0 Å². The molecule has 0 saturated heterocycles. The molecule has 0 aliphatic carbocycles. The largest absolute Gasteiger partial charge is 0.496 e. The molecule has 1 N–H and O–H groups in total. The lowest BCUT2D eigenvalue weighted by molar-refractivity contribution is 0.408. The fraction of sp³-hybridized carbons (Fsp3) is 0.179. The zero-order chi connectivity index (χ0) is 21.8. The Morgan fingerprint density at radius 3 is 2.16 bits per heavy atom. The Balaban J connectivity index is 1.84. The number of methoxy groups -OCH3 is 1. The Labute approximate surface area is 184 Å². The molecule has 0 fully saturated rings. The number of hydrogen-bond donors (Lipinski definition) is 1. The summed E-state index contributed by atoms with van der Waals surface area (Å²) < 4.78 is 5.71. The maximum absolute atomic E-state index is 5.71. The lowest BCUT2D eigenvalue weighted by atomic mass is 9.98. The molecule has 0 saturated carbocycles. The minimum atomic E-state index is -0.153. The molecular formula is C28H28N2O. The topological polar surface area (TPSA) is 34.1 Å². The second-order valence-electron chi connectivity index (χ2n) is 7.91. The number of aromatic nitrogens is 1. The van der Waals surface area contributed by atoms with Crippen molar-refractivity contribution < 1.29 is 4.74 Å². The fourth-order valence-corrected chi connectivity index (χ4v) is 4.15. The van der Waals surface area contributed by atoms with Gasteiger partial charge in [-0.15, -0.1) is 0 Å². The number of para-hydroxylation sites is 1. The molecule has 1 unspecified atom stereocenters. The Hall–Kier alpha value is -3.59. The van der Waals surface area contributed by atoms with E-state index >= 15 is 0 Å². The first kappa shape index (κ1) is 20.7. The number of anilines is 1. The van der Waals surface area contributed by atoms with E-state index in [-0.39, 0.29) is 6.04 Å². The number of pyridine rings is 1. The summed E-state index contributed by atoms with van der Waals surface area (Å²) in [6, 6.07) is 28.9. The molecule has 3 aromatic carbocycles. The van der Waals surface area contributed by atoms with Crippen LogP contribution in [0.25, 0.3) is 11.3 Å². The van der Waals surface area contributed by atoms with Gasteiger partial charge in [-0.3, -0.25) is 4.98 Å². The minimum Gasteiger partial charge on any atom is -0.496 e. The van der Waals surface area contributed by atoms with Crippen LogP contribution in [0.5, 0.6) is 5.75 Å². The summed E-state index contributed by atoms with van der Waals surface area (Å²) >= 11 is 0. The van der Waals surface area contributed by atoms with Gasteiger partial charge in [-0.1, -0.05) is 72.3 Å². The molecule has 1 atom stereocenters. The summed E-state index contributed by atoms with van der Waals surface area (Å²) in [4.78, 5) is 5.05. The first-order valence-electron chi connectivity index (χ1n) is 10.6. The lowest BCUT2D eigenvalue weighted by Gasteiger charge is -2.25. The van der Waals surface area contributed by atoms with E-state index in [1.165, 1.54) is 16.7 Å². The maximum Gasteiger partial charge on any atom is 0.124 e. The van der Waals surface area contributed by atoms with E-state index in [9.17, 15) is 0 Å². The van der Waals surface area contributed by atoms with Crippen LogP contribution in [0, 0.1) is 20.8 Å². The van der Waals surface area contributed by atoms with E-state index in [0.29, 0.717) is 0 Å². The molecule has 156 valence electrons. The lowest BCUT2D eigenvalue weighted by Crippen LogP contribution is -2.16. The van der Waals surface area contributed by atoms with Crippen molar-refractivity contribution in [3.05, 3.63) is 113 Å². The van der Waals surface area contributed by atoms with Crippen LogP contribution in [0.3, 0.4) is 0 Å². The molecule has 4 rings (SSSR count). The van der Waals surface area contributed by atoms with Gasteiger partial charge in [0.25, 0.3) is 0 Å². The summed E-state index contributed by atoms with van der Waals surface area (Å²) in [5.41, 5.74) is 8.90. The SMILES string of the molecule is COc1ccccc1C(Nc1c(C)cc(C)cc1C)c1cccc(-c2ccccc2)n1. The first-order chi connectivity index (χ1) is 15.1. The van der Waals surface area contributed by atoms with Gasteiger partial charge in [0.05, 0.1) is 24.5 Å². The Morgan fingerprint density at radius 2 is 1.45 bits per heavy atom. The zero-order valence-corrected chi connectivity index (χ0v) is 18.5. The fourth-order valence-electron chi connectivity index (χ4n) is 4.15. The van der Waals surface area contributed by atoms with Crippen molar-refractivity contribution in [3.8, 4) is 17.0 Å². The molecule has 0 spiro atoms. The van der Waals surface area contributed by atoms with Gasteiger partial charge in [-0.05, 0) is 50.1 Å². The van der Waals surface area contributed by atoms with Gasteiger partial charge in [0.2, 0.25) is 0 Å². The molecule has 1 heterocycles. The minimum absolute atomic E-state index is 0.153. The molecule has 31 heavy (non-hydrogen) atoms. The van der Waals surface area contributed by atoms with Crippen LogP contribution in [-0.4, -0.2) is 12.1 Å². The summed E-state index contributed by atoms with van der Waals surface area (Å²) in [6.07, 6.45) is 0. The van der Waals surface area contributed by atoms with Crippen molar-refractivity contribution in [1.29, 1.82) is 0 Å². The number of ether oxygens (including phenoxy) is 1. The second kappa shape index (κ2) is 9.05. The van der Waals surface area contributed by atoms with Crippen molar-refractivity contribution in [1.82, 2.24) is 4.98 Å². The quantitative estimate of drug-likeness (QED) is 0.377. The molecule has 0 radical (unpaired) electrons. The van der Waals surface area contributed by atoms with E-state index in [1.54, 1.807) is 7.11 Å². The van der Waals surface area contributed by atoms with Gasteiger partial charge in [0.1, 0.15) is 5.75 Å². The Kier molecular flexibility index (Phi) is 6.03. The van der Waals surface area contributed by atoms with Crippen LogP contribution in [-0.2, 0) is 0 Å². The van der Waals surface area contributed by atoms with E-state index in [4.69, 9.17) is 9.72 Å². The van der Waals surface area contributed by atoms with Gasteiger partial charge in [0, 0.05) is 16.8 Å². The standard InChI is InChI=1S/C28H28N2O/c1-19-17-20(2)27(21(3)18-19)30-28(23-13-8-9-16-26(23)31-4)25-15-10-14-24(29-25)22-11-6-5-7-12-22/h5-18,28,30H,1-4H3. The molecular weight excluding hydrogens is 380 g/mol. The van der Waals surface area contributed by atoms with Crippen LogP contribution >= 0.6 is 0 Å². The van der Waals surface area contributed by atoms with Crippen molar-refractivity contribution >= 4 is 5.69 Å². The third kappa shape index (κ3) is 4.46. The van der Waals surface area contributed by atoms with Crippen molar-refractivity contribution in [2.24, 2.45) is 0 Å². The number of rotatable bonds is 6. The van der Waals surface area contributed by atoms with Crippen LogP contribution < -0.4 is 10.1 Å². The average molecular weight is 409 g/mol. The third-order valence-electron chi connectivity index (χ3n) is 5.55. The number of benzene rings is 3. The van der Waals surface area contributed by atoms with E-state index in [2.05, 4.69) is 74.6 Å². The normalized spacial score (nSPS) is 11.7. The monoisotopic (exact) mass is 408 g/mol. The van der Waals surface area contributed by atoms with Crippen molar-refractivity contribution in [2.75, 3.05) is 12.4 Å². The maximum atomic E-state index is 5.71. The number of hydrogen-bond acceptors (Lipinski definition) is 3. The molecule has 4 aromatic rings. The van der Waals surface area contributed by atoms with Crippen LogP contribution in [0.1, 0.15) is 34.0 Å². The molecule has 0 aliphatic rings. The highest BCUT2D eigenvalue weighted by Gasteiger charge is 2.21. The molecule has 0 amide bonds. The molecule has 0 aliphatic heterocycles. The van der Waals surface area contributed by atoms with Crippen LogP contribution in [0.2, 0.25) is 0 Å². The Bertz CT molecular complexity index is 1160. The van der Waals surface area contributed by atoms with E-state index in [0.717, 1.165) is 34.0 Å². The van der Waals surface area contributed by atoms with Gasteiger partial charge in [0.15, 0.2) is 0 Å². The highest BCUT2D eigenvalue weighted by molar-refractivity contribution is 5.63. The molecule has 3 heteroatoms. The summed E-state index contributed by atoms with van der Waals surface area (Å²) in [5, 5.41) is 3.79. The molecule has 1 aromatic heterocycles. The zero-order valence-electron chi connectivity index (χ0n) is 18.5. The van der Waals surface area contributed by atoms with Crippen LogP contribution in [0.4, 0.5) is 5.69 Å². The summed E-state index contributed by atoms with van der Waals surface area (Å²) in [5.74, 6) is 0.842. The Morgan fingerprint density at radius 1 is 0.774 bits per heavy atom. The smallest absolute Gasteiger partial charge is 0.124 e.